The second-order valence-corrected chi connectivity index (χ2v) is 3.56. The zero-order valence-corrected chi connectivity index (χ0v) is 9.57. The van der Waals surface area contributed by atoms with Gasteiger partial charge in [-0.1, -0.05) is 0 Å². The van der Waals surface area contributed by atoms with Crippen molar-refractivity contribution in [2.45, 2.75) is 13.0 Å². The highest BCUT2D eigenvalue weighted by molar-refractivity contribution is 5.94. The molecule has 0 amide bonds. The summed E-state index contributed by atoms with van der Waals surface area (Å²) in [5.74, 6) is -2.08. The van der Waals surface area contributed by atoms with Crippen molar-refractivity contribution in [3.8, 4) is 5.75 Å². The zero-order chi connectivity index (χ0) is 13.0. The van der Waals surface area contributed by atoms with Crippen LogP contribution in [0, 0.1) is 5.82 Å². The Bertz CT molecular complexity index is 422. The maximum atomic E-state index is 13.5. The molecule has 17 heavy (non-hydrogen) atoms. The molecule has 0 aliphatic carbocycles. The van der Waals surface area contributed by atoms with Crippen LogP contribution in [0.25, 0.3) is 0 Å². The van der Waals surface area contributed by atoms with Crippen LogP contribution in [0.1, 0.15) is 17.3 Å². The summed E-state index contributed by atoms with van der Waals surface area (Å²) in [6.07, 6.45) is -0.389. The standard InChI is InChI=1S/C11H14FNO4/c1-6(5-16-2)17-10-3-7(11(14)15)9(13)4-8(10)12/h3-4,6H,5,13H2,1-2H3,(H,14,15). The Balaban J connectivity index is 2.99. The quantitative estimate of drug-likeness (QED) is 0.766. The number of hydrogen-bond acceptors (Lipinski definition) is 4. The van der Waals surface area contributed by atoms with Crippen LogP contribution >= 0.6 is 0 Å². The van der Waals surface area contributed by atoms with E-state index in [1.165, 1.54) is 7.11 Å². The van der Waals surface area contributed by atoms with Gasteiger partial charge >= 0.3 is 5.97 Å². The Labute approximate surface area is 97.9 Å². The molecule has 0 spiro atoms. The van der Waals surface area contributed by atoms with Gasteiger partial charge in [0.05, 0.1) is 12.2 Å². The Hall–Kier alpha value is -1.82. The summed E-state index contributed by atoms with van der Waals surface area (Å²) in [7, 11) is 1.49. The Morgan fingerprint density at radius 1 is 1.59 bits per heavy atom. The van der Waals surface area contributed by atoms with Gasteiger partial charge in [-0.15, -0.1) is 0 Å². The molecular formula is C11H14FNO4. The first-order chi connectivity index (χ1) is 7.95. The van der Waals surface area contributed by atoms with E-state index in [4.69, 9.17) is 20.3 Å². The minimum Gasteiger partial charge on any atom is -0.485 e. The number of ether oxygens (including phenoxy) is 2. The van der Waals surface area contributed by atoms with Gasteiger partial charge in [0.1, 0.15) is 6.10 Å². The predicted octanol–water partition coefficient (Wildman–Crippen LogP) is 1.52. The minimum atomic E-state index is -1.23. The number of rotatable bonds is 5. The highest BCUT2D eigenvalue weighted by Gasteiger charge is 2.15. The number of carbonyl (C=O) groups is 1. The van der Waals surface area contributed by atoms with Gasteiger partial charge in [0.25, 0.3) is 0 Å². The molecule has 6 heteroatoms. The summed E-state index contributed by atoms with van der Waals surface area (Å²) in [5.41, 5.74) is 5.05. The van der Waals surface area contributed by atoms with Crippen molar-refractivity contribution in [2.24, 2.45) is 0 Å². The number of anilines is 1. The number of nitrogen functional groups attached to an aromatic ring is 1. The van der Waals surface area contributed by atoms with E-state index >= 15 is 0 Å². The molecule has 0 aromatic heterocycles. The average molecular weight is 243 g/mol. The molecule has 5 nitrogen and oxygen atoms in total. The van der Waals surface area contributed by atoms with Crippen molar-refractivity contribution in [1.82, 2.24) is 0 Å². The average Bonchev–Trinajstić information content (AvgIpc) is 2.21. The fraction of sp³-hybridized carbons (Fsp3) is 0.364. The summed E-state index contributed by atoms with van der Waals surface area (Å²) in [4.78, 5) is 10.8. The summed E-state index contributed by atoms with van der Waals surface area (Å²) < 4.78 is 23.5. The molecule has 0 aliphatic heterocycles. The van der Waals surface area contributed by atoms with Crippen LogP contribution in [0.2, 0.25) is 0 Å². The number of nitrogens with two attached hydrogens (primary N) is 1. The maximum absolute atomic E-state index is 13.5. The second-order valence-electron chi connectivity index (χ2n) is 3.56. The van der Waals surface area contributed by atoms with Crippen LogP contribution < -0.4 is 10.5 Å². The first-order valence-electron chi connectivity index (χ1n) is 4.93. The van der Waals surface area contributed by atoms with E-state index in [2.05, 4.69) is 0 Å². The lowest BCUT2D eigenvalue weighted by Crippen LogP contribution is -2.19. The van der Waals surface area contributed by atoms with E-state index in [1.807, 2.05) is 0 Å². The fourth-order valence-corrected chi connectivity index (χ4v) is 1.33. The molecular weight excluding hydrogens is 229 g/mol. The molecule has 0 saturated carbocycles. The predicted molar refractivity (Wildman–Crippen MR) is 59.7 cm³/mol. The van der Waals surface area contributed by atoms with E-state index in [0.29, 0.717) is 0 Å². The molecule has 3 N–H and O–H groups in total. The molecule has 0 aliphatic rings. The van der Waals surface area contributed by atoms with Gasteiger partial charge in [0.15, 0.2) is 11.6 Å². The van der Waals surface area contributed by atoms with Crippen molar-refractivity contribution >= 4 is 11.7 Å². The SMILES string of the molecule is COCC(C)Oc1cc(C(=O)O)c(N)cc1F. The van der Waals surface area contributed by atoms with Crippen LogP contribution in [-0.2, 0) is 4.74 Å². The molecule has 1 rings (SSSR count). The largest absolute Gasteiger partial charge is 0.485 e. The Morgan fingerprint density at radius 2 is 2.24 bits per heavy atom. The molecule has 1 unspecified atom stereocenters. The van der Waals surface area contributed by atoms with Crippen LogP contribution in [0.5, 0.6) is 5.75 Å². The number of carboxylic acids is 1. The van der Waals surface area contributed by atoms with E-state index in [0.717, 1.165) is 12.1 Å². The van der Waals surface area contributed by atoms with Crippen LogP contribution in [0.15, 0.2) is 12.1 Å². The molecule has 0 fully saturated rings. The lowest BCUT2D eigenvalue weighted by Gasteiger charge is -2.15. The molecule has 0 heterocycles. The lowest BCUT2D eigenvalue weighted by atomic mass is 10.1. The van der Waals surface area contributed by atoms with E-state index in [9.17, 15) is 9.18 Å². The molecule has 1 aromatic carbocycles. The molecule has 1 atom stereocenters. The van der Waals surface area contributed by atoms with Gasteiger partial charge in [-0.05, 0) is 13.0 Å². The number of carboxylic acid groups (broad SMARTS) is 1. The summed E-state index contributed by atoms with van der Waals surface area (Å²) in [6.45, 7) is 1.95. The Morgan fingerprint density at radius 3 is 2.76 bits per heavy atom. The van der Waals surface area contributed by atoms with E-state index in [1.54, 1.807) is 6.92 Å². The number of halogens is 1. The zero-order valence-electron chi connectivity index (χ0n) is 9.57. The molecule has 1 aromatic rings. The van der Waals surface area contributed by atoms with Gasteiger partial charge in [-0.25, -0.2) is 9.18 Å². The van der Waals surface area contributed by atoms with Gasteiger partial charge in [0.2, 0.25) is 0 Å². The topological polar surface area (TPSA) is 81.8 Å². The third kappa shape index (κ3) is 3.32. The van der Waals surface area contributed by atoms with Gasteiger partial charge < -0.3 is 20.3 Å². The summed E-state index contributed by atoms with van der Waals surface area (Å²) in [6, 6.07) is 2.00. The summed E-state index contributed by atoms with van der Waals surface area (Å²) >= 11 is 0. The molecule has 0 bridgehead atoms. The van der Waals surface area contributed by atoms with Crippen LogP contribution in [0.3, 0.4) is 0 Å². The third-order valence-electron chi connectivity index (χ3n) is 2.06. The van der Waals surface area contributed by atoms with Crippen LogP contribution in [-0.4, -0.2) is 30.9 Å². The van der Waals surface area contributed by atoms with Crippen LogP contribution in [0.4, 0.5) is 10.1 Å². The number of benzene rings is 1. The Kier molecular flexibility index (Phi) is 4.28. The second kappa shape index (κ2) is 5.49. The van der Waals surface area contributed by atoms with Gasteiger partial charge in [0, 0.05) is 18.9 Å². The monoisotopic (exact) mass is 243 g/mol. The van der Waals surface area contributed by atoms with Crippen molar-refractivity contribution in [2.75, 3.05) is 19.5 Å². The smallest absolute Gasteiger partial charge is 0.337 e. The van der Waals surface area contributed by atoms with Crippen molar-refractivity contribution in [3.05, 3.63) is 23.5 Å². The first kappa shape index (κ1) is 13.2. The van der Waals surface area contributed by atoms with Crippen molar-refractivity contribution < 1.29 is 23.8 Å². The normalized spacial score (nSPS) is 12.2. The van der Waals surface area contributed by atoms with E-state index < -0.39 is 11.8 Å². The molecule has 94 valence electrons. The number of hydrogen-bond donors (Lipinski definition) is 2. The minimum absolute atomic E-state index is 0.137. The molecule has 0 radical (unpaired) electrons. The van der Waals surface area contributed by atoms with Gasteiger partial charge in [-0.3, -0.25) is 0 Å². The maximum Gasteiger partial charge on any atom is 0.337 e. The lowest BCUT2D eigenvalue weighted by molar-refractivity contribution is 0.0695. The number of methoxy groups -OCH3 is 1. The van der Waals surface area contributed by atoms with E-state index in [-0.39, 0.29) is 29.7 Å². The van der Waals surface area contributed by atoms with Crippen molar-refractivity contribution in [3.63, 3.8) is 0 Å². The van der Waals surface area contributed by atoms with Gasteiger partial charge in [-0.2, -0.15) is 0 Å². The number of aromatic carboxylic acids is 1. The summed E-state index contributed by atoms with van der Waals surface area (Å²) in [5, 5.41) is 8.84. The fourth-order valence-electron chi connectivity index (χ4n) is 1.33. The third-order valence-corrected chi connectivity index (χ3v) is 2.06. The first-order valence-corrected chi connectivity index (χ1v) is 4.93. The molecule has 0 saturated heterocycles. The van der Waals surface area contributed by atoms with Crippen molar-refractivity contribution in [1.29, 1.82) is 0 Å². The highest BCUT2D eigenvalue weighted by Crippen LogP contribution is 2.25. The highest BCUT2D eigenvalue weighted by atomic mass is 19.1.